The zero-order chi connectivity index (χ0) is 17.6. The molecule has 0 bridgehead atoms. The molecule has 0 spiro atoms. The van der Waals surface area contributed by atoms with E-state index < -0.39 is 5.54 Å². The fraction of sp³-hybridized carbons (Fsp3) is 0.529. The molecule has 1 saturated heterocycles. The number of rotatable bonds is 6. The maximum Gasteiger partial charge on any atom is 0.240 e. The third kappa shape index (κ3) is 5.03. The molecule has 1 aliphatic heterocycles. The second-order valence-electron chi connectivity index (χ2n) is 6.12. The van der Waals surface area contributed by atoms with E-state index in [9.17, 15) is 9.59 Å². The molecule has 1 aromatic carbocycles. The quantitative estimate of drug-likeness (QED) is 0.759. The van der Waals surface area contributed by atoms with Crippen LogP contribution in [0.5, 0.6) is 0 Å². The van der Waals surface area contributed by atoms with Gasteiger partial charge in [-0.25, -0.2) is 0 Å². The minimum atomic E-state index is -0.873. The predicted molar refractivity (Wildman–Crippen MR) is 95.2 cm³/mol. The van der Waals surface area contributed by atoms with Crippen LogP contribution >= 0.6 is 15.9 Å². The molecule has 0 aromatic heterocycles. The molecular weight excluding hydrogens is 374 g/mol. The van der Waals surface area contributed by atoms with Crippen molar-refractivity contribution in [3.8, 4) is 0 Å². The third-order valence-electron chi connectivity index (χ3n) is 4.25. The maximum atomic E-state index is 12.2. The highest BCUT2D eigenvalue weighted by Crippen LogP contribution is 2.18. The van der Waals surface area contributed by atoms with Gasteiger partial charge in [0, 0.05) is 44.2 Å². The van der Waals surface area contributed by atoms with Crippen LogP contribution in [-0.2, 0) is 20.9 Å². The highest BCUT2D eigenvalue weighted by atomic mass is 79.9. The van der Waals surface area contributed by atoms with Crippen molar-refractivity contribution < 1.29 is 14.3 Å². The number of carbonyl (C=O) groups is 2. The molecule has 7 heteroatoms. The smallest absolute Gasteiger partial charge is 0.240 e. The van der Waals surface area contributed by atoms with Crippen LogP contribution in [0.2, 0.25) is 0 Å². The van der Waals surface area contributed by atoms with Crippen molar-refractivity contribution in [2.24, 2.45) is 5.73 Å². The Kier molecular flexibility index (Phi) is 6.77. The van der Waals surface area contributed by atoms with Crippen molar-refractivity contribution in [1.82, 2.24) is 10.2 Å². The Labute approximate surface area is 150 Å². The average molecular weight is 398 g/mol. The Morgan fingerprint density at radius 3 is 2.67 bits per heavy atom. The molecule has 0 aliphatic carbocycles. The molecule has 132 valence electrons. The van der Waals surface area contributed by atoms with E-state index in [-0.39, 0.29) is 24.8 Å². The van der Waals surface area contributed by atoms with Gasteiger partial charge in [0.25, 0.3) is 0 Å². The number of ether oxygens (including phenoxy) is 1. The third-order valence-corrected chi connectivity index (χ3v) is 5.03. The van der Waals surface area contributed by atoms with Gasteiger partial charge in [-0.15, -0.1) is 0 Å². The van der Waals surface area contributed by atoms with Gasteiger partial charge in [-0.1, -0.05) is 34.1 Å². The first-order valence-electron chi connectivity index (χ1n) is 8.05. The molecule has 2 amide bonds. The Bertz CT molecular complexity index is 588. The second-order valence-corrected chi connectivity index (χ2v) is 6.97. The molecule has 0 radical (unpaired) electrons. The van der Waals surface area contributed by atoms with Gasteiger partial charge in [-0.05, 0) is 24.5 Å². The van der Waals surface area contributed by atoms with E-state index >= 15 is 0 Å². The van der Waals surface area contributed by atoms with E-state index in [4.69, 9.17) is 10.5 Å². The van der Waals surface area contributed by atoms with Gasteiger partial charge < -0.3 is 20.7 Å². The first-order valence-corrected chi connectivity index (χ1v) is 8.84. The molecule has 1 aromatic rings. The number of nitrogens with two attached hydrogens (primary N) is 1. The van der Waals surface area contributed by atoms with Gasteiger partial charge in [-0.3, -0.25) is 9.59 Å². The number of nitrogens with zero attached hydrogens (tertiary/aromatic N) is 1. The lowest BCUT2D eigenvalue weighted by atomic mass is 9.90. The molecule has 1 heterocycles. The summed E-state index contributed by atoms with van der Waals surface area (Å²) in [5, 5.41) is 2.78. The molecule has 0 saturated carbocycles. The molecule has 3 N–H and O–H groups in total. The summed E-state index contributed by atoms with van der Waals surface area (Å²) in [5.74, 6) is -0.226. The molecule has 0 unspecified atom stereocenters. The van der Waals surface area contributed by atoms with Gasteiger partial charge in [0.05, 0.1) is 5.54 Å². The summed E-state index contributed by atoms with van der Waals surface area (Å²) in [7, 11) is 1.76. The highest BCUT2D eigenvalue weighted by Gasteiger charge is 2.35. The van der Waals surface area contributed by atoms with Gasteiger partial charge >= 0.3 is 0 Å². The Hall–Kier alpha value is -1.44. The molecular formula is C17H24BrN3O3. The lowest BCUT2D eigenvalue weighted by molar-refractivity contribution is -0.131. The van der Waals surface area contributed by atoms with Gasteiger partial charge in [0.1, 0.15) is 0 Å². The first kappa shape index (κ1) is 18.9. The molecule has 1 fully saturated rings. The predicted octanol–water partition coefficient (Wildman–Crippen LogP) is 1.42. The molecule has 6 nitrogen and oxygen atoms in total. The normalized spacial score (nSPS) is 16.5. The van der Waals surface area contributed by atoms with Crippen LogP contribution < -0.4 is 11.1 Å². The Morgan fingerprint density at radius 1 is 1.33 bits per heavy atom. The number of halogens is 1. The molecule has 0 atom stereocenters. The number of benzene rings is 1. The van der Waals surface area contributed by atoms with E-state index in [0.29, 0.717) is 32.6 Å². The highest BCUT2D eigenvalue weighted by molar-refractivity contribution is 9.10. The van der Waals surface area contributed by atoms with Crippen LogP contribution in [0.3, 0.4) is 0 Å². The average Bonchev–Trinajstić information content (AvgIpc) is 2.57. The lowest BCUT2D eigenvalue weighted by Gasteiger charge is -2.31. The van der Waals surface area contributed by atoms with Crippen molar-refractivity contribution in [2.45, 2.75) is 31.3 Å². The fourth-order valence-corrected chi connectivity index (χ4v) is 2.99. The zero-order valence-electron chi connectivity index (χ0n) is 13.9. The number of hydrogen-bond donors (Lipinski definition) is 2. The lowest BCUT2D eigenvalue weighted by Crippen LogP contribution is -2.57. The largest absolute Gasteiger partial charge is 0.381 e. The number of nitrogens with one attached hydrogen (secondary N) is 1. The van der Waals surface area contributed by atoms with Crippen molar-refractivity contribution in [3.05, 3.63) is 34.3 Å². The first-order chi connectivity index (χ1) is 11.4. The number of carbonyl (C=O) groups excluding carboxylic acids is 2. The Balaban J connectivity index is 1.76. The van der Waals surface area contributed by atoms with Crippen LogP contribution in [0.15, 0.2) is 28.7 Å². The van der Waals surface area contributed by atoms with Crippen molar-refractivity contribution in [3.63, 3.8) is 0 Å². The number of amides is 2. The summed E-state index contributed by atoms with van der Waals surface area (Å²) in [6.07, 6.45) is 1.27. The van der Waals surface area contributed by atoms with Crippen LogP contribution in [0.25, 0.3) is 0 Å². The van der Waals surface area contributed by atoms with Crippen LogP contribution in [0.1, 0.15) is 24.8 Å². The summed E-state index contributed by atoms with van der Waals surface area (Å²) in [6, 6.07) is 7.79. The molecule has 2 rings (SSSR count). The Morgan fingerprint density at radius 2 is 2.00 bits per heavy atom. The van der Waals surface area contributed by atoms with Crippen molar-refractivity contribution in [1.29, 1.82) is 0 Å². The molecule has 24 heavy (non-hydrogen) atoms. The number of hydrogen-bond acceptors (Lipinski definition) is 4. The van der Waals surface area contributed by atoms with E-state index in [2.05, 4.69) is 21.2 Å². The summed E-state index contributed by atoms with van der Waals surface area (Å²) in [4.78, 5) is 26.0. The van der Waals surface area contributed by atoms with Crippen LogP contribution in [-0.4, -0.2) is 49.1 Å². The summed E-state index contributed by atoms with van der Waals surface area (Å²) < 4.78 is 6.21. The SMILES string of the molecule is CN(Cc1ccccc1Br)C(=O)CCNC(=O)C1(N)CCOCC1. The minimum absolute atomic E-state index is 0.0240. The summed E-state index contributed by atoms with van der Waals surface area (Å²) in [6.45, 7) is 1.80. The van der Waals surface area contributed by atoms with Gasteiger partial charge in [-0.2, -0.15) is 0 Å². The zero-order valence-corrected chi connectivity index (χ0v) is 15.5. The minimum Gasteiger partial charge on any atom is -0.381 e. The van der Waals surface area contributed by atoms with E-state index in [1.807, 2.05) is 24.3 Å². The van der Waals surface area contributed by atoms with E-state index in [1.54, 1.807) is 11.9 Å². The molecule has 1 aliphatic rings. The van der Waals surface area contributed by atoms with Gasteiger partial charge in [0.15, 0.2) is 0 Å². The topological polar surface area (TPSA) is 84.7 Å². The monoisotopic (exact) mass is 397 g/mol. The maximum absolute atomic E-state index is 12.2. The summed E-state index contributed by atoms with van der Waals surface area (Å²) in [5.41, 5.74) is 6.27. The van der Waals surface area contributed by atoms with E-state index in [1.165, 1.54) is 0 Å². The van der Waals surface area contributed by atoms with Crippen molar-refractivity contribution in [2.75, 3.05) is 26.8 Å². The van der Waals surface area contributed by atoms with E-state index in [0.717, 1.165) is 10.0 Å². The summed E-state index contributed by atoms with van der Waals surface area (Å²) >= 11 is 3.48. The standard InChI is InChI=1S/C17H24BrN3O3/c1-21(12-13-4-2-3-5-14(13)18)15(22)6-9-20-16(23)17(19)7-10-24-11-8-17/h2-5H,6-12,19H2,1H3,(H,20,23). The fourth-order valence-electron chi connectivity index (χ4n) is 2.58. The van der Waals surface area contributed by atoms with Crippen molar-refractivity contribution >= 4 is 27.7 Å². The second kappa shape index (κ2) is 8.60. The van der Waals surface area contributed by atoms with Crippen LogP contribution in [0, 0.1) is 0 Å². The van der Waals surface area contributed by atoms with Gasteiger partial charge in [0.2, 0.25) is 11.8 Å². The van der Waals surface area contributed by atoms with Crippen LogP contribution in [0.4, 0.5) is 0 Å².